The van der Waals surface area contributed by atoms with Crippen LogP contribution in [0.3, 0.4) is 0 Å². The normalized spacial score (nSPS) is 18.1. The molecule has 0 saturated carbocycles. The van der Waals surface area contributed by atoms with E-state index in [0.717, 1.165) is 62.5 Å². The first kappa shape index (κ1) is 19.3. The fourth-order valence-corrected chi connectivity index (χ4v) is 4.67. The Balaban J connectivity index is 1.35. The summed E-state index contributed by atoms with van der Waals surface area (Å²) >= 11 is 1.40. The van der Waals surface area contributed by atoms with Gasteiger partial charge in [0, 0.05) is 48.8 Å². The van der Waals surface area contributed by atoms with Crippen molar-refractivity contribution in [2.24, 2.45) is 0 Å². The van der Waals surface area contributed by atoms with E-state index in [-0.39, 0.29) is 5.78 Å². The van der Waals surface area contributed by atoms with E-state index in [0.29, 0.717) is 18.2 Å². The molecule has 2 aromatic heterocycles. The molecule has 0 bridgehead atoms. The number of hydrogen-bond donors (Lipinski definition) is 0. The summed E-state index contributed by atoms with van der Waals surface area (Å²) < 4.78 is 5.46. The van der Waals surface area contributed by atoms with E-state index < -0.39 is 0 Å². The van der Waals surface area contributed by atoms with Crippen LogP contribution in [0.15, 0.2) is 36.1 Å². The number of Topliss-reactive ketones (excluding diaryl/α,β-unsaturated/α-hetero) is 1. The van der Waals surface area contributed by atoms with E-state index in [1.807, 2.05) is 5.38 Å². The molecule has 5 rings (SSSR count). The van der Waals surface area contributed by atoms with Crippen LogP contribution < -0.4 is 9.80 Å². The molecule has 8 nitrogen and oxygen atoms in total. The topological polar surface area (TPSA) is 74.7 Å². The van der Waals surface area contributed by atoms with Crippen LogP contribution in [0.25, 0.3) is 10.9 Å². The van der Waals surface area contributed by atoms with Crippen LogP contribution >= 0.6 is 11.3 Å². The van der Waals surface area contributed by atoms with Gasteiger partial charge in [0.25, 0.3) is 0 Å². The minimum atomic E-state index is 0.0783. The smallest absolute Gasteiger partial charge is 0.205 e. The number of nitrogens with zero attached hydrogens (tertiary/aromatic N) is 6. The molecular formula is C21H24N6O2S. The van der Waals surface area contributed by atoms with E-state index in [1.165, 1.54) is 17.0 Å². The van der Waals surface area contributed by atoms with Crippen molar-refractivity contribution < 1.29 is 9.53 Å². The molecule has 0 amide bonds. The van der Waals surface area contributed by atoms with Crippen molar-refractivity contribution in [3.63, 3.8) is 0 Å². The molecule has 0 atom stereocenters. The number of carbonyl (C=O) groups is 1. The Kier molecular flexibility index (Phi) is 5.56. The number of ether oxygens (including phenoxy) is 1. The third-order valence-corrected chi connectivity index (χ3v) is 6.40. The van der Waals surface area contributed by atoms with Gasteiger partial charge in [-0.25, -0.2) is 15.0 Å². The van der Waals surface area contributed by atoms with E-state index in [1.54, 1.807) is 12.5 Å². The predicted octanol–water partition coefficient (Wildman–Crippen LogP) is 2.28. The SMILES string of the molecule is O=C(CN1CCCN(c2ncnc3cc(N4CCOCC4)ccc23)C1)c1nccs1. The van der Waals surface area contributed by atoms with Gasteiger partial charge < -0.3 is 14.5 Å². The first-order valence-electron chi connectivity index (χ1n) is 10.3. The highest BCUT2D eigenvalue weighted by atomic mass is 32.1. The van der Waals surface area contributed by atoms with Crippen molar-refractivity contribution in [3.05, 3.63) is 41.1 Å². The molecule has 2 fully saturated rings. The summed E-state index contributed by atoms with van der Waals surface area (Å²) in [6.45, 7) is 6.20. The zero-order valence-corrected chi connectivity index (χ0v) is 17.6. The molecule has 0 unspecified atom stereocenters. The average molecular weight is 425 g/mol. The fourth-order valence-electron chi connectivity index (χ4n) is 4.10. The van der Waals surface area contributed by atoms with E-state index in [9.17, 15) is 4.79 Å². The number of ketones is 1. The van der Waals surface area contributed by atoms with Crippen LogP contribution in [0.4, 0.5) is 11.5 Å². The van der Waals surface area contributed by atoms with Crippen LogP contribution in [0, 0.1) is 0 Å². The Morgan fingerprint density at radius 3 is 2.80 bits per heavy atom. The van der Waals surface area contributed by atoms with Crippen LogP contribution in [0.5, 0.6) is 0 Å². The van der Waals surface area contributed by atoms with Crippen LogP contribution in [0.2, 0.25) is 0 Å². The maximum Gasteiger partial charge on any atom is 0.205 e. The molecule has 4 heterocycles. The Hall–Kier alpha value is -2.62. The van der Waals surface area contributed by atoms with Crippen molar-refractivity contribution in [1.29, 1.82) is 0 Å². The number of anilines is 2. The number of morpholine rings is 1. The summed E-state index contributed by atoms with van der Waals surface area (Å²) in [5.74, 6) is 1.01. The van der Waals surface area contributed by atoms with Gasteiger partial charge in [-0.1, -0.05) is 0 Å². The molecule has 0 spiro atoms. The molecule has 1 aromatic carbocycles. The summed E-state index contributed by atoms with van der Waals surface area (Å²) in [5.41, 5.74) is 2.12. The lowest BCUT2D eigenvalue weighted by molar-refractivity contribution is 0.0920. The highest BCUT2D eigenvalue weighted by Crippen LogP contribution is 2.28. The van der Waals surface area contributed by atoms with E-state index in [2.05, 4.69) is 47.9 Å². The lowest BCUT2D eigenvalue weighted by atomic mass is 10.1. The summed E-state index contributed by atoms with van der Waals surface area (Å²) in [4.78, 5) is 32.5. The molecule has 0 aliphatic carbocycles. The molecule has 156 valence electrons. The second-order valence-corrected chi connectivity index (χ2v) is 8.46. The maximum atomic E-state index is 12.5. The monoisotopic (exact) mass is 424 g/mol. The molecule has 9 heteroatoms. The van der Waals surface area contributed by atoms with Gasteiger partial charge in [-0.05, 0) is 24.6 Å². The van der Waals surface area contributed by atoms with Gasteiger partial charge in [0.05, 0.1) is 31.9 Å². The van der Waals surface area contributed by atoms with Crippen LogP contribution in [0.1, 0.15) is 16.2 Å². The van der Waals surface area contributed by atoms with Crippen molar-refractivity contribution in [1.82, 2.24) is 19.9 Å². The third-order valence-electron chi connectivity index (χ3n) is 5.59. The Labute approximate surface area is 179 Å². The van der Waals surface area contributed by atoms with Crippen LogP contribution in [-0.4, -0.2) is 78.2 Å². The highest BCUT2D eigenvalue weighted by molar-refractivity contribution is 7.11. The predicted molar refractivity (Wildman–Crippen MR) is 117 cm³/mol. The molecule has 2 aliphatic rings. The van der Waals surface area contributed by atoms with Gasteiger partial charge in [0.1, 0.15) is 12.1 Å². The Morgan fingerprint density at radius 1 is 1.07 bits per heavy atom. The van der Waals surface area contributed by atoms with Crippen LogP contribution in [-0.2, 0) is 4.74 Å². The second-order valence-electron chi connectivity index (χ2n) is 7.57. The largest absolute Gasteiger partial charge is 0.378 e. The first-order chi connectivity index (χ1) is 14.8. The summed E-state index contributed by atoms with van der Waals surface area (Å²) in [6.07, 6.45) is 4.31. The van der Waals surface area contributed by atoms with Gasteiger partial charge in [0.15, 0.2) is 5.01 Å². The van der Waals surface area contributed by atoms with Crippen molar-refractivity contribution in [2.45, 2.75) is 6.42 Å². The molecular weight excluding hydrogens is 400 g/mol. The molecule has 3 aromatic rings. The lowest BCUT2D eigenvalue weighted by Gasteiger charge is -2.36. The summed E-state index contributed by atoms with van der Waals surface area (Å²) in [7, 11) is 0. The zero-order valence-electron chi connectivity index (χ0n) is 16.7. The van der Waals surface area contributed by atoms with Gasteiger partial charge in [-0.2, -0.15) is 0 Å². The van der Waals surface area contributed by atoms with Crippen molar-refractivity contribution in [2.75, 3.05) is 62.4 Å². The molecule has 2 saturated heterocycles. The third kappa shape index (κ3) is 4.00. The molecule has 30 heavy (non-hydrogen) atoms. The molecule has 2 aliphatic heterocycles. The standard InChI is InChI=1S/C21H24N6O2S/c28-19(21-22-4-11-30-21)13-25-5-1-6-27(15-25)20-17-3-2-16(12-18(17)23-14-24-20)26-7-9-29-10-8-26/h2-4,11-12,14H,1,5-10,13,15H2. The highest BCUT2D eigenvalue weighted by Gasteiger charge is 2.23. The minimum absolute atomic E-state index is 0.0783. The number of rotatable bonds is 5. The van der Waals surface area contributed by atoms with E-state index >= 15 is 0 Å². The van der Waals surface area contributed by atoms with Crippen molar-refractivity contribution in [3.8, 4) is 0 Å². The van der Waals surface area contributed by atoms with Crippen molar-refractivity contribution >= 4 is 39.5 Å². The summed E-state index contributed by atoms with van der Waals surface area (Å²) in [5, 5.41) is 3.46. The summed E-state index contributed by atoms with van der Waals surface area (Å²) in [6, 6.07) is 6.41. The number of benzene rings is 1. The molecule has 0 N–H and O–H groups in total. The maximum absolute atomic E-state index is 12.5. The number of carbonyl (C=O) groups excluding carboxylic acids is 1. The fraction of sp³-hybridized carbons (Fsp3) is 0.429. The number of fused-ring (bicyclic) bond motifs is 1. The number of hydrogen-bond acceptors (Lipinski definition) is 9. The second kappa shape index (κ2) is 8.63. The molecule has 0 radical (unpaired) electrons. The lowest BCUT2D eigenvalue weighted by Crippen LogP contribution is -2.47. The van der Waals surface area contributed by atoms with Gasteiger partial charge in [0.2, 0.25) is 5.78 Å². The van der Waals surface area contributed by atoms with Gasteiger partial charge >= 0.3 is 0 Å². The van der Waals surface area contributed by atoms with E-state index in [4.69, 9.17) is 4.74 Å². The Morgan fingerprint density at radius 2 is 1.97 bits per heavy atom. The first-order valence-corrected chi connectivity index (χ1v) is 11.1. The minimum Gasteiger partial charge on any atom is -0.378 e. The Bertz CT molecular complexity index is 1020. The average Bonchev–Trinajstić information content (AvgIpc) is 3.34. The quantitative estimate of drug-likeness (QED) is 0.578. The number of thiazole rings is 1. The van der Waals surface area contributed by atoms with Gasteiger partial charge in [-0.3, -0.25) is 9.69 Å². The number of aromatic nitrogens is 3. The van der Waals surface area contributed by atoms with Gasteiger partial charge in [-0.15, -0.1) is 11.3 Å². The zero-order chi connectivity index (χ0) is 20.3.